The lowest BCUT2D eigenvalue weighted by molar-refractivity contribution is -0.133. The maximum atomic E-state index is 12.0. The van der Waals surface area contributed by atoms with E-state index in [9.17, 15) is 4.79 Å². The molecule has 1 aliphatic rings. The van der Waals surface area contributed by atoms with Gasteiger partial charge in [0, 0.05) is 5.56 Å². The molecule has 0 saturated carbocycles. The molecular weight excluding hydrogens is 228 g/mol. The van der Waals surface area contributed by atoms with Crippen molar-refractivity contribution in [1.29, 1.82) is 0 Å². The van der Waals surface area contributed by atoms with Gasteiger partial charge in [-0.05, 0) is 23.8 Å². The topological polar surface area (TPSA) is 35.5 Å². The Morgan fingerprint density at radius 3 is 2.61 bits per heavy atom. The molecule has 18 heavy (non-hydrogen) atoms. The number of hydrogen-bond donors (Lipinski definition) is 0. The minimum absolute atomic E-state index is 0.232. The van der Waals surface area contributed by atoms with E-state index >= 15 is 0 Å². The van der Waals surface area contributed by atoms with E-state index in [0.29, 0.717) is 5.75 Å². The molecular formula is C15H12O3. The molecule has 0 spiro atoms. The fraction of sp³-hybridized carbons (Fsp3) is 0.133. The van der Waals surface area contributed by atoms with E-state index in [4.69, 9.17) is 9.47 Å². The van der Waals surface area contributed by atoms with Crippen LogP contribution in [0.25, 0.3) is 0 Å². The van der Waals surface area contributed by atoms with Crippen LogP contribution in [0.3, 0.4) is 0 Å². The van der Waals surface area contributed by atoms with Crippen LogP contribution in [0.2, 0.25) is 0 Å². The molecule has 0 bridgehead atoms. The minimum Gasteiger partial charge on any atom is -0.497 e. The van der Waals surface area contributed by atoms with Crippen molar-refractivity contribution in [2.75, 3.05) is 7.11 Å². The molecule has 0 saturated heterocycles. The third-order valence-electron chi connectivity index (χ3n) is 3.11. The molecule has 0 radical (unpaired) electrons. The Labute approximate surface area is 105 Å². The zero-order valence-corrected chi connectivity index (χ0v) is 9.92. The number of ether oxygens (including phenoxy) is 2. The first-order chi connectivity index (χ1) is 8.79. The SMILES string of the molecule is COc1ccc2c(c1)C(c1ccccc1)C(=O)O2. The minimum atomic E-state index is -0.351. The van der Waals surface area contributed by atoms with Gasteiger partial charge in [-0.3, -0.25) is 4.79 Å². The summed E-state index contributed by atoms with van der Waals surface area (Å²) in [6.07, 6.45) is 0. The maximum Gasteiger partial charge on any atom is 0.323 e. The first-order valence-electron chi connectivity index (χ1n) is 5.74. The van der Waals surface area contributed by atoms with E-state index in [0.717, 1.165) is 16.9 Å². The van der Waals surface area contributed by atoms with Crippen molar-refractivity contribution in [2.45, 2.75) is 5.92 Å². The number of carbonyl (C=O) groups excluding carboxylic acids is 1. The number of hydrogen-bond acceptors (Lipinski definition) is 3. The number of carbonyl (C=O) groups is 1. The van der Waals surface area contributed by atoms with Crippen LogP contribution in [-0.4, -0.2) is 13.1 Å². The molecule has 3 nitrogen and oxygen atoms in total. The van der Waals surface area contributed by atoms with Gasteiger partial charge < -0.3 is 9.47 Å². The van der Waals surface area contributed by atoms with E-state index < -0.39 is 0 Å². The highest BCUT2D eigenvalue weighted by atomic mass is 16.5. The molecule has 2 aromatic rings. The van der Waals surface area contributed by atoms with Gasteiger partial charge in [-0.15, -0.1) is 0 Å². The third kappa shape index (κ3) is 1.64. The Morgan fingerprint density at radius 2 is 1.89 bits per heavy atom. The average molecular weight is 240 g/mol. The van der Waals surface area contributed by atoms with Crippen LogP contribution in [0, 0.1) is 0 Å². The van der Waals surface area contributed by atoms with E-state index in [2.05, 4.69) is 0 Å². The van der Waals surface area contributed by atoms with Crippen LogP contribution in [0.1, 0.15) is 17.0 Å². The van der Waals surface area contributed by atoms with Crippen LogP contribution in [0.5, 0.6) is 11.5 Å². The largest absolute Gasteiger partial charge is 0.497 e. The summed E-state index contributed by atoms with van der Waals surface area (Å²) in [6, 6.07) is 15.0. The van der Waals surface area contributed by atoms with Crippen LogP contribution >= 0.6 is 0 Å². The van der Waals surface area contributed by atoms with Gasteiger partial charge in [-0.1, -0.05) is 30.3 Å². The monoisotopic (exact) mass is 240 g/mol. The highest BCUT2D eigenvalue weighted by Gasteiger charge is 2.34. The molecule has 1 atom stereocenters. The predicted octanol–water partition coefficient (Wildman–Crippen LogP) is 2.75. The van der Waals surface area contributed by atoms with Crippen LogP contribution in [0.15, 0.2) is 48.5 Å². The lowest BCUT2D eigenvalue weighted by Crippen LogP contribution is -2.11. The molecule has 0 aromatic heterocycles. The van der Waals surface area contributed by atoms with Gasteiger partial charge in [0.15, 0.2) is 0 Å². The molecule has 90 valence electrons. The maximum absolute atomic E-state index is 12.0. The molecule has 3 heteroatoms. The number of benzene rings is 2. The smallest absolute Gasteiger partial charge is 0.323 e. The quantitative estimate of drug-likeness (QED) is 0.598. The molecule has 1 aliphatic heterocycles. The van der Waals surface area contributed by atoms with Gasteiger partial charge in [-0.2, -0.15) is 0 Å². The van der Waals surface area contributed by atoms with Crippen LogP contribution in [0.4, 0.5) is 0 Å². The normalized spacial score (nSPS) is 17.2. The van der Waals surface area contributed by atoms with Gasteiger partial charge in [-0.25, -0.2) is 0 Å². The van der Waals surface area contributed by atoms with Gasteiger partial charge >= 0.3 is 5.97 Å². The van der Waals surface area contributed by atoms with Crippen molar-refractivity contribution in [3.8, 4) is 11.5 Å². The second kappa shape index (κ2) is 4.18. The summed E-state index contributed by atoms with van der Waals surface area (Å²) in [7, 11) is 1.61. The highest BCUT2D eigenvalue weighted by Crippen LogP contribution is 2.40. The Hall–Kier alpha value is -2.29. The molecule has 0 aliphatic carbocycles. The van der Waals surface area contributed by atoms with Crippen molar-refractivity contribution in [1.82, 2.24) is 0 Å². The van der Waals surface area contributed by atoms with Gasteiger partial charge in [0.25, 0.3) is 0 Å². The van der Waals surface area contributed by atoms with Crippen molar-refractivity contribution < 1.29 is 14.3 Å². The Morgan fingerprint density at radius 1 is 1.11 bits per heavy atom. The zero-order valence-electron chi connectivity index (χ0n) is 9.92. The van der Waals surface area contributed by atoms with Gasteiger partial charge in [0.2, 0.25) is 0 Å². The molecule has 1 heterocycles. The summed E-state index contributed by atoms with van der Waals surface area (Å²) in [6.45, 7) is 0. The van der Waals surface area contributed by atoms with Crippen LogP contribution < -0.4 is 9.47 Å². The summed E-state index contributed by atoms with van der Waals surface area (Å²) in [5.41, 5.74) is 1.81. The Balaban J connectivity index is 2.11. The summed E-state index contributed by atoms with van der Waals surface area (Å²) >= 11 is 0. The molecule has 0 N–H and O–H groups in total. The standard InChI is InChI=1S/C15H12O3/c1-17-11-7-8-13-12(9-11)14(15(16)18-13)10-5-3-2-4-6-10/h2-9,14H,1H3. The van der Waals surface area contributed by atoms with Gasteiger partial charge in [0.05, 0.1) is 7.11 Å². The average Bonchev–Trinajstić information content (AvgIpc) is 2.74. The summed E-state index contributed by atoms with van der Waals surface area (Å²) in [4.78, 5) is 12.0. The van der Waals surface area contributed by atoms with Crippen molar-refractivity contribution in [2.24, 2.45) is 0 Å². The Bertz CT molecular complexity index is 590. The summed E-state index contributed by atoms with van der Waals surface area (Å²) in [5.74, 6) is 0.767. The predicted molar refractivity (Wildman–Crippen MR) is 66.9 cm³/mol. The third-order valence-corrected chi connectivity index (χ3v) is 3.11. The number of fused-ring (bicyclic) bond motifs is 1. The Kier molecular flexibility index (Phi) is 2.52. The van der Waals surface area contributed by atoms with E-state index in [1.807, 2.05) is 36.4 Å². The first kappa shape index (κ1) is 10.8. The number of rotatable bonds is 2. The van der Waals surface area contributed by atoms with E-state index in [1.54, 1.807) is 19.2 Å². The lowest BCUT2D eigenvalue weighted by atomic mass is 9.92. The molecule has 0 fully saturated rings. The molecule has 0 amide bonds. The van der Waals surface area contributed by atoms with Crippen molar-refractivity contribution in [3.63, 3.8) is 0 Å². The number of esters is 1. The molecule has 2 aromatic carbocycles. The van der Waals surface area contributed by atoms with Crippen molar-refractivity contribution in [3.05, 3.63) is 59.7 Å². The highest BCUT2D eigenvalue weighted by molar-refractivity contribution is 5.89. The van der Waals surface area contributed by atoms with Crippen LogP contribution in [-0.2, 0) is 4.79 Å². The zero-order chi connectivity index (χ0) is 12.5. The second-order valence-electron chi connectivity index (χ2n) is 4.17. The van der Waals surface area contributed by atoms with Gasteiger partial charge in [0.1, 0.15) is 17.4 Å². The lowest BCUT2D eigenvalue weighted by Gasteiger charge is -2.08. The summed E-state index contributed by atoms with van der Waals surface area (Å²) < 4.78 is 10.5. The van der Waals surface area contributed by atoms with E-state index in [-0.39, 0.29) is 11.9 Å². The first-order valence-corrected chi connectivity index (χ1v) is 5.74. The van der Waals surface area contributed by atoms with Crippen molar-refractivity contribution >= 4 is 5.97 Å². The van der Waals surface area contributed by atoms with E-state index in [1.165, 1.54) is 0 Å². The fourth-order valence-electron chi connectivity index (χ4n) is 2.23. The summed E-state index contributed by atoms with van der Waals surface area (Å²) in [5, 5.41) is 0. The number of methoxy groups -OCH3 is 1. The fourth-order valence-corrected chi connectivity index (χ4v) is 2.23. The molecule has 3 rings (SSSR count). The molecule has 1 unspecified atom stereocenters. The second-order valence-corrected chi connectivity index (χ2v) is 4.17.